The number of carbonyl (C=O) groups excluding carboxylic acids is 2. The molecule has 0 aliphatic rings. The molecule has 0 saturated carbocycles. The normalized spacial score (nSPS) is 11.0. The third kappa shape index (κ3) is 7.34. The first-order valence-corrected chi connectivity index (χ1v) is 6.94. The van der Waals surface area contributed by atoms with Gasteiger partial charge in [-0.25, -0.2) is 9.78 Å². The molecule has 1 aromatic heterocycles. The van der Waals surface area contributed by atoms with Crippen molar-refractivity contribution in [3.8, 4) is 0 Å². The van der Waals surface area contributed by atoms with Gasteiger partial charge in [-0.15, -0.1) is 0 Å². The van der Waals surface area contributed by atoms with Crippen molar-refractivity contribution in [2.45, 2.75) is 39.3 Å². The molecule has 0 unspecified atom stereocenters. The van der Waals surface area contributed by atoms with Crippen LogP contribution in [0.1, 0.15) is 27.2 Å². The molecular formula is C14H24N4O3. The van der Waals surface area contributed by atoms with Crippen LogP contribution >= 0.6 is 0 Å². The minimum atomic E-state index is -0.496. The van der Waals surface area contributed by atoms with E-state index in [4.69, 9.17) is 4.74 Å². The van der Waals surface area contributed by atoms with Crippen LogP contribution in [0.5, 0.6) is 0 Å². The number of amides is 2. The Balaban J connectivity index is 2.15. The van der Waals surface area contributed by atoms with Crippen LogP contribution in [0.15, 0.2) is 18.7 Å². The lowest BCUT2D eigenvalue weighted by Crippen LogP contribution is -2.36. The predicted octanol–water partition coefficient (Wildman–Crippen LogP) is 1.26. The number of carbonyl (C=O) groups is 2. The smallest absolute Gasteiger partial charge is 0.410 e. The van der Waals surface area contributed by atoms with Crippen molar-refractivity contribution in [2.24, 2.45) is 0 Å². The summed E-state index contributed by atoms with van der Waals surface area (Å²) in [4.78, 5) is 28.7. The molecule has 1 N–H and O–H groups in total. The summed E-state index contributed by atoms with van der Waals surface area (Å²) < 4.78 is 6.93. The maximum atomic E-state index is 11.7. The average molecular weight is 296 g/mol. The summed E-state index contributed by atoms with van der Waals surface area (Å²) in [6.07, 6.45) is 5.27. The van der Waals surface area contributed by atoms with E-state index < -0.39 is 5.60 Å². The van der Waals surface area contributed by atoms with Crippen molar-refractivity contribution >= 4 is 12.0 Å². The molecule has 0 bridgehead atoms. The molecule has 0 saturated heterocycles. The lowest BCUT2D eigenvalue weighted by molar-refractivity contribution is -0.121. The van der Waals surface area contributed by atoms with Gasteiger partial charge in [-0.1, -0.05) is 0 Å². The van der Waals surface area contributed by atoms with Crippen LogP contribution in [-0.4, -0.2) is 52.2 Å². The molecule has 2 amide bonds. The van der Waals surface area contributed by atoms with Gasteiger partial charge in [-0.3, -0.25) is 4.79 Å². The molecule has 0 atom stereocenters. The molecule has 0 spiro atoms. The van der Waals surface area contributed by atoms with E-state index in [0.29, 0.717) is 19.5 Å². The van der Waals surface area contributed by atoms with Gasteiger partial charge in [0.25, 0.3) is 0 Å². The van der Waals surface area contributed by atoms with Gasteiger partial charge >= 0.3 is 6.09 Å². The second-order valence-electron chi connectivity index (χ2n) is 5.84. The quantitative estimate of drug-likeness (QED) is 0.802. The van der Waals surface area contributed by atoms with Crippen molar-refractivity contribution in [2.75, 3.05) is 20.1 Å². The van der Waals surface area contributed by atoms with Gasteiger partial charge in [0.15, 0.2) is 0 Å². The third-order valence-corrected chi connectivity index (χ3v) is 2.58. The summed E-state index contributed by atoms with van der Waals surface area (Å²) in [7, 11) is 1.68. The maximum absolute atomic E-state index is 11.7. The van der Waals surface area contributed by atoms with Crippen molar-refractivity contribution in [1.29, 1.82) is 0 Å². The Morgan fingerprint density at radius 3 is 2.67 bits per heavy atom. The lowest BCUT2D eigenvalue weighted by Gasteiger charge is -2.24. The fourth-order valence-corrected chi connectivity index (χ4v) is 1.58. The Morgan fingerprint density at radius 2 is 2.10 bits per heavy atom. The Morgan fingerprint density at radius 1 is 1.38 bits per heavy atom. The van der Waals surface area contributed by atoms with Crippen LogP contribution in [0.3, 0.4) is 0 Å². The van der Waals surface area contributed by atoms with Crippen molar-refractivity contribution in [3.63, 3.8) is 0 Å². The molecule has 0 radical (unpaired) electrons. The highest BCUT2D eigenvalue weighted by atomic mass is 16.6. The highest BCUT2D eigenvalue weighted by Crippen LogP contribution is 2.08. The molecule has 7 nitrogen and oxygen atoms in total. The number of aromatic nitrogens is 2. The number of hydrogen-bond acceptors (Lipinski definition) is 4. The monoisotopic (exact) mass is 296 g/mol. The summed E-state index contributed by atoms with van der Waals surface area (Å²) in [6.45, 7) is 6.78. The maximum Gasteiger partial charge on any atom is 0.410 e. The average Bonchev–Trinajstić information content (AvgIpc) is 2.85. The third-order valence-electron chi connectivity index (χ3n) is 2.58. The van der Waals surface area contributed by atoms with E-state index in [2.05, 4.69) is 10.3 Å². The largest absolute Gasteiger partial charge is 0.444 e. The van der Waals surface area contributed by atoms with Gasteiger partial charge in [-0.05, 0) is 27.2 Å². The fourth-order valence-electron chi connectivity index (χ4n) is 1.58. The number of hydrogen-bond donors (Lipinski definition) is 1. The van der Waals surface area contributed by atoms with Gasteiger partial charge in [0.2, 0.25) is 5.91 Å². The topological polar surface area (TPSA) is 76.5 Å². The van der Waals surface area contributed by atoms with Crippen LogP contribution in [0.25, 0.3) is 0 Å². The Labute approximate surface area is 125 Å². The molecule has 0 aromatic carbocycles. The van der Waals surface area contributed by atoms with E-state index in [1.54, 1.807) is 30.3 Å². The minimum Gasteiger partial charge on any atom is -0.444 e. The van der Waals surface area contributed by atoms with E-state index in [0.717, 1.165) is 0 Å². The molecule has 1 aromatic rings. The van der Waals surface area contributed by atoms with E-state index in [9.17, 15) is 9.59 Å². The van der Waals surface area contributed by atoms with Gasteiger partial charge in [0.1, 0.15) is 12.1 Å². The van der Waals surface area contributed by atoms with E-state index in [1.807, 2.05) is 20.8 Å². The number of nitrogens with one attached hydrogen (secondary N) is 1. The van der Waals surface area contributed by atoms with Crippen LogP contribution in [0, 0.1) is 0 Å². The van der Waals surface area contributed by atoms with Crippen LogP contribution in [-0.2, 0) is 16.1 Å². The fraction of sp³-hybridized carbons (Fsp3) is 0.643. The van der Waals surface area contributed by atoms with Crippen molar-refractivity contribution in [1.82, 2.24) is 19.8 Å². The second-order valence-corrected chi connectivity index (χ2v) is 5.84. The summed E-state index contributed by atoms with van der Waals surface area (Å²) in [5.41, 5.74) is -0.496. The zero-order valence-corrected chi connectivity index (χ0v) is 13.1. The minimum absolute atomic E-state index is 0.0760. The van der Waals surface area contributed by atoms with E-state index >= 15 is 0 Å². The highest BCUT2D eigenvalue weighted by molar-refractivity contribution is 5.75. The Kier molecular flexibility index (Phi) is 6.20. The zero-order chi connectivity index (χ0) is 15.9. The van der Waals surface area contributed by atoms with E-state index in [-0.39, 0.29) is 18.5 Å². The number of imidazole rings is 1. The molecule has 1 heterocycles. The van der Waals surface area contributed by atoms with Crippen molar-refractivity contribution < 1.29 is 14.3 Å². The molecular weight excluding hydrogens is 272 g/mol. The van der Waals surface area contributed by atoms with Crippen LogP contribution < -0.4 is 5.32 Å². The predicted molar refractivity (Wildman–Crippen MR) is 78.7 cm³/mol. The number of ether oxygens (including phenoxy) is 1. The second kappa shape index (κ2) is 7.66. The molecule has 118 valence electrons. The molecule has 0 aliphatic carbocycles. The van der Waals surface area contributed by atoms with Gasteiger partial charge in [-0.2, -0.15) is 0 Å². The molecule has 0 fully saturated rings. The Bertz CT molecular complexity index is 451. The molecule has 7 heteroatoms. The van der Waals surface area contributed by atoms with Gasteiger partial charge in [0, 0.05) is 32.5 Å². The first-order chi connectivity index (χ1) is 9.78. The summed E-state index contributed by atoms with van der Waals surface area (Å²) >= 11 is 0. The Hall–Kier alpha value is -2.05. The van der Waals surface area contributed by atoms with Gasteiger partial charge < -0.3 is 19.5 Å². The number of rotatable bonds is 6. The number of nitrogens with zero attached hydrogens (tertiary/aromatic N) is 3. The van der Waals surface area contributed by atoms with Crippen molar-refractivity contribution in [3.05, 3.63) is 18.7 Å². The molecule has 1 rings (SSSR count). The first kappa shape index (κ1) is 17.0. The van der Waals surface area contributed by atoms with Crippen LogP contribution in [0.2, 0.25) is 0 Å². The molecule has 0 aliphatic heterocycles. The van der Waals surface area contributed by atoms with Crippen LogP contribution in [0.4, 0.5) is 4.79 Å². The lowest BCUT2D eigenvalue weighted by atomic mass is 10.2. The zero-order valence-electron chi connectivity index (χ0n) is 13.1. The summed E-state index contributed by atoms with van der Waals surface area (Å²) in [6, 6.07) is 0. The summed E-state index contributed by atoms with van der Waals surface area (Å²) in [5, 5.41) is 2.80. The van der Waals surface area contributed by atoms with Gasteiger partial charge in [0.05, 0.1) is 6.33 Å². The highest BCUT2D eigenvalue weighted by Gasteiger charge is 2.19. The summed E-state index contributed by atoms with van der Waals surface area (Å²) in [5.74, 6) is -0.0760. The SMILES string of the molecule is CN(CCCNC(=O)Cn1ccnc1)C(=O)OC(C)(C)C. The molecule has 21 heavy (non-hydrogen) atoms. The van der Waals surface area contributed by atoms with E-state index in [1.165, 1.54) is 4.90 Å². The standard InChI is InChI=1S/C14H24N4O3/c1-14(2,3)21-13(20)17(4)8-5-6-16-12(19)10-18-9-7-15-11-18/h7,9,11H,5-6,8,10H2,1-4H3,(H,16,19). The first-order valence-electron chi connectivity index (χ1n) is 6.94.